The number of rotatable bonds is 2. The summed E-state index contributed by atoms with van der Waals surface area (Å²) in [5, 5.41) is 8.80. The number of likely N-dealkylation sites (N-methyl/N-ethyl adjacent to an activating group) is 1. The van der Waals surface area contributed by atoms with Gasteiger partial charge in [0.15, 0.2) is 11.6 Å². The molecule has 0 saturated heterocycles. The summed E-state index contributed by atoms with van der Waals surface area (Å²) < 4.78 is 25.6. The van der Waals surface area contributed by atoms with Crippen molar-refractivity contribution >= 4 is 12.0 Å². The Morgan fingerprint density at radius 1 is 1.35 bits per heavy atom. The monoisotopic (exact) mass is 236 g/mol. The lowest BCUT2D eigenvalue weighted by atomic mass is 10.1. The molecule has 0 saturated carbocycles. The van der Waals surface area contributed by atoms with Crippen molar-refractivity contribution in [2.45, 2.75) is 0 Å². The average molecular weight is 236 g/mol. The van der Waals surface area contributed by atoms with Gasteiger partial charge in [-0.1, -0.05) is 6.07 Å². The van der Waals surface area contributed by atoms with Gasteiger partial charge in [-0.25, -0.2) is 8.78 Å². The zero-order chi connectivity index (χ0) is 13.0. The highest BCUT2D eigenvalue weighted by Crippen LogP contribution is 2.12. The van der Waals surface area contributed by atoms with Crippen molar-refractivity contribution in [1.29, 1.82) is 5.26 Å². The number of hydrogen-bond donors (Lipinski definition) is 0. The van der Waals surface area contributed by atoms with Gasteiger partial charge < -0.3 is 4.90 Å². The molecule has 0 aliphatic rings. The molecular weight excluding hydrogens is 226 g/mol. The maximum atomic E-state index is 12.9. The van der Waals surface area contributed by atoms with E-state index in [1.54, 1.807) is 6.07 Å². The van der Waals surface area contributed by atoms with Gasteiger partial charge in [-0.15, -0.1) is 0 Å². The standard InChI is InChI=1S/C12H10F2N2O/c1-16(2)12(17)9(7-15)5-8-3-4-10(13)11(14)6-8/h3-6H,1-2H3/b9-5-. The van der Waals surface area contributed by atoms with Crippen LogP contribution in [-0.4, -0.2) is 24.9 Å². The number of carbonyl (C=O) groups excluding carboxylic acids is 1. The lowest BCUT2D eigenvalue weighted by Crippen LogP contribution is -2.22. The molecule has 1 amide bonds. The third-order valence-corrected chi connectivity index (χ3v) is 2.01. The molecule has 17 heavy (non-hydrogen) atoms. The highest BCUT2D eigenvalue weighted by atomic mass is 19.2. The molecule has 0 N–H and O–H groups in total. The zero-order valence-electron chi connectivity index (χ0n) is 9.37. The molecule has 0 aliphatic heterocycles. The maximum absolute atomic E-state index is 12.9. The topological polar surface area (TPSA) is 44.1 Å². The number of carbonyl (C=O) groups is 1. The first-order chi connectivity index (χ1) is 7.95. The molecule has 0 unspecified atom stereocenters. The largest absolute Gasteiger partial charge is 0.344 e. The van der Waals surface area contributed by atoms with Gasteiger partial charge in [-0.2, -0.15) is 5.26 Å². The molecule has 0 fully saturated rings. The van der Waals surface area contributed by atoms with Gasteiger partial charge in [0.2, 0.25) is 0 Å². The van der Waals surface area contributed by atoms with E-state index in [2.05, 4.69) is 0 Å². The van der Waals surface area contributed by atoms with Crippen LogP contribution in [-0.2, 0) is 4.79 Å². The zero-order valence-corrected chi connectivity index (χ0v) is 9.37. The van der Waals surface area contributed by atoms with Crippen LogP contribution in [0.4, 0.5) is 8.78 Å². The lowest BCUT2D eigenvalue weighted by Gasteiger charge is -2.08. The quantitative estimate of drug-likeness (QED) is 0.582. The van der Waals surface area contributed by atoms with Gasteiger partial charge in [-0.3, -0.25) is 4.79 Å². The van der Waals surface area contributed by atoms with E-state index in [-0.39, 0.29) is 11.1 Å². The Balaban J connectivity index is 3.12. The van der Waals surface area contributed by atoms with Crippen LogP contribution in [0.2, 0.25) is 0 Å². The minimum atomic E-state index is -1.02. The Kier molecular flexibility index (Phi) is 3.94. The Bertz CT molecular complexity index is 516. The fraction of sp³-hybridized carbons (Fsp3) is 0.167. The van der Waals surface area contributed by atoms with Crippen molar-refractivity contribution in [3.05, 3.63) is 41.0 Å². The fourth-order valence-corrected chi connectivity index (χ4v) is 1.15. The molecule has 0 radical (unpaired) electrons. The molecular formula is C12H10F2N2O. The van der Waals surface area contributed by atoms with Crippen molar-refractivity contribution in [3.63, 3.8) is 0 Å². The Morgan fingerprint density at radius 3 is 2.47 bits per heavy atom. The van der Waals surface area contributed by atoms with E-state index in [0.717, 1.165) is 12.1 Å². The molecule has 1 aromatic rings. The normalized spacial score (nSPS) is 10.9. The Hall–Kier alpha value is -2.22. The van der Waals surface area contributed by atoms with E-state index < -0.39 is 17.5 Å². The molecule has 0 heterocycles. The smallest absolute Gasteiger partial charge is 0.264 e. The molecule has 5 heteroatoms. The van der Waals surface area contributed by atoms with Gasteiger partial charge >= 0.3 is 0 Å². The first-order valence-electron chi connectivity index (χ1n) is 4.74. The summed E-state index contributed by atoms with van der Waals surface area (Å²) in [6.45, 7) is 0. The van der Waals surface area contributed by atoms with Crippen molar-refractivity contribution in [2.75, 3.05) is 14.1 Å². The molecule has 0 aliphatic carbocycles. The van der Waals surface area contributed by atoms with E-state index in [1.807, 2.05) is 0 Å². The van der Waals surface area contributed by atoms with Gasteiger partial charge in [0.05, 0.1) is 0 Å². The fourth-order valence-electron chi connectivity index (χ4n) is 1.15. The molecule has 88 valence electrons. The number of amides is 1. The summed E-state index contributed by atoms with van der Waals surface area (Å²) in [7, 11) is 3.00. The Labute approximate surface area is 97.6 Å². The number of halogens is 2. The number of nitrogens with zero attached hydrogens (tertiary/aromatic N) is 2. The number of benzene rings is 1. The molecule has 0 spiro atoms. The second kappa shape index (κ2) is 5.21. The predicted octanol–water partition coefficient (Wildman–Crippen LogP) is 1.96. The van der Waals surface area contributed by atoms with Crippen LogP contribution < -0.4 is 0 Å². The van der Waals surface area contributed by atoms with Crippen molar-refractivity contribution in [3.8, 4) is 6.07 Å². The second-order valence-electron chi connectivity index (χ2n) is 3.54. The van der Waals surface area contributed by atoms with Crippen LogP contribution in [0, 0.1) is 23.0 Å². The summed E-state index contributed by atoms with van der Waals surface area (Å²) in [5.74, 6) is -2.48. The third kappa shape index (κ3) is 3.11. The molecule has 0 aromatic heterocycles. The molecule has 3 nitrogen and oxygen atoms in total. The van der Waals surface area contributed by atoms with Gasteiger partial charge in [-0.05, 0) is 23.8 Å². The minimum Gasteiger partial charge on any atom is -0.344 e. The van der Waals surface area contributed by atoms with Crippen LogP contribution in [0.25, 0.3) is 6.08 Å². The highest BCUT2D eigenvalue weighted by Gasteiger charge is 2.11. The number of nitriles is 1. The second-order valence-corrected chi connectivity index (χ2v) is 3.54. The maximum Gasteiger partial charge on any atom is 0.264 e. The van der Waals surface area contributed by atoms with E-state index in [4.69, 9.17) is 5.26 Å². The van der Waals surface area contributed by atoms with Crippen molar-refractivity contribution in [2.24, 2.45) is 0 Å². The van der Waals surface area contributed by atoms with E-state index in [0.29, 0.717) is 0 Å². The van der Waals surface area contributed by atoms with Crippen molar-refractivity contribution < 1.29 is 13.6 Å². The number of hydrogen-bond acceptors (Lipinski definition) is 2. The van der Waals surface area contributed by atoms with E-state index >= 15 is 0 Å². The molecule has 0 bridgehead atoms. The van der Waals surface area contributed by atoms with E-state index in [1.165, 1.54) is 31.1 Å². The first-order valence-corrected chi connectivity index (χ1v) is 4.74. The summed E-state index contributed by atoms with van der Waals surface area (Å²) in [6.07, 6.45) is 1.21. The van der Waals surface area contributed by atoms with Gasteiger partial charge in [0.25, 0.3) is 5.91 Å². The van der Waals surface area contributed by atoms with Crippen LogP contribution in [0.5, 0.6) is 0 Å². The molecule has 1 rings (SSSR count). The third-order valence-electron chi connectivity index (χ3n) is 2.01. The summed E-state index contributed by atoms with van der Waals surface area (Å²) >= 11 is 0. The summed E-state index contributed by atoms with van der Waals surface area (Å²) in [6, 6.07) is 4.88. The van der Waals surface area contributed by atoms with Crippen LogP contribution in [0.3, 0.4) is 0 Å². The van der Waals surface area contributed by atoms with Crippen molar-refractivity contribution in [1.82, 2.24) is 4.90 Å². The van der Waals surface area contributed by atoms with Crippen LogP contribution >= 0.6 is 0 Å². The summed E-state index contributed by atoms with van der Waals surface area (Å²) in [4.78, 5) is 12.7. The Morgan fingerprint density at radius 2 is 2.00 bits per heavy atom. The average Bonchev–Trinajstić information content (AvgIpc) is 2.29. The van der Waals surface area contributed by atoms with Gasteiger partial charge in [0, 0.05) is 14.1 Å². The first kappa shape index (κ1) is 12.8. The summed E-state index contributed by atoms with van der Waals surface area (Å²) in [5.41, 5.74) is 0.122. The molecule has 0 atom stereocenters. The highest BCUT2D eigenvalue weighted by molar-refractivity contribution is 6.01. The van der Waals surface area contributed by atoms with Crippen LogP contribution in [0.1, 0.15) is 5.56 Å². The SMILES string of the molecule is CN(C)C(=O)/C(C#N)=C\c1ccc(F)c(F)c1. The van der Waals surface area contributed by atoms with E-state index in [9.17, 15) is 13.6 Å². The lowest BCUT2D eigenvalue weighted by molar-refractivity contribution is -0.124. The van der Waals surface area contributed by atoms with Gasteiger partial charge in [0.1, 0.15) is 11.6 Å². The predicted molar refractivity (Wildman–Crippen MR) is 58.6 cm³/mol. The minimum absolute atomic E-state index is 0.138. The molecule has 1 aromatic carbocycles. The van der Waals surface area contributed by atoms with Crippen LogP contribution in [0.15, 0.2) is 23.8 Å².